The van der Waals surface area contributed by atoms with Gasteiger partial charge in [-0.1, -0.05) is 0 Å². The number of amides is 1. The van der Waals surface area contributed by atoms with Crippen LogP contribution in [0.1, 0.15) is 36.0 Å². The highest BCUT2D eigenvalue weighted by Gasteiger charge is 2.38. The molecule has 0 radical (unpaired) electrons. The van der Waals surface area contributed by atoms with E-state index in [2.05, 4.69) is 14.8 Å². The summed E-state index contributed by atoms with van der Waals surface area (Å²) in [4.78, 5) is 21.2. The number of hydrogen-bond acceptors (Lipinski definition) is 4. The van der Waals surface area contributed by atoms with Crippen molar-refractivity contribution in [2.24, 2.45) is 17.6 Å². The van der Waals surface area contributed by atoms with Crippen molar-refractivity contribution >= 4 is 11.7 Å². The first kappa shape index (κ1) is 14.0. The van der Waals surface area contributed by atoms with Crippen molar-refractivity contribution in [1.29, 1.82) is 0 Å². The van der Waals surface area contributed by atoms with Crippen LogP contribution in [-0.4, -0.2) is 48.0 Å². The number of aromatic nitrogens is 1. The fraction of sp³-hybridized carbons (Fsp3) is 0.647. The van der Waals surface area contributed by atoms with E-state index < -0.39 is 0 Å². The predicted molar refractivity (Wildman–Crippen MR) is 85.8 cm³/mol. The Kier molecular flexibility index (Phi) is 3.53. The Hall–Kier alpha value is -1.62. The number of carbonyl (C=O) groups excluding carboxylic acids is 1. The summed E-state index contributed by atoms with van der Waals surface area (Å²) in [5.41, 5.74) is 6.08. The molecule has 0 aromatic carbocycles. The molecule has 4 heterocycles. The molecular weight excluding hydrogens is 276 g/mol. The number of piperidine rings is 1. The second-order valence-corrected chi connectivity index (χ2v) is 7.14. The molecule has 1 amide bonds. The maximum Gasteiger partial charge on any atom is 0.252 e. The fourth-order valence-corrected chi connectivity index (χ4v) is 4.05. The molecule has 4 fully saturated rings. The van der Waals surface area contributed by atoms with E-state index in [-0.39, 0.29) is 5.91 Å². The average Bonchev–Trinajstić information content (AvgIpc) is 3.34. The van der Waals surface area contributed by atoms with E-state index in [1.54, 1.807) is 18.3 Å². The number of nitrogens with two attached hydrogens (primary N) is 1. The molecule has 3 aliphatic heterocycles. The van der Waals surface area contributed by atoms with Crippen LogP contribution in [0, 0.1) is 11.8 Å². The van der Waals surface area contributed by atoms with Crippen molar-refractivity contribution in [2.75, 3.05) is 31.1 Å². The van der Waals surface area contributed by atoms with Gasteiger partial charge in [0, 0.05) is 38.4 Å². The molecule has 5 nitrogen and oxygen atoms in total. The van der Waals surface area contributed by atoms with Crippen LogP contribution < -0.4 is 10.6 Å². The molecule has 0 spiro atoms. The Bertz CT molecular complexity index is 572. The molecule has 2 N–H and O–H groups in total. The third-order valence-corrected chi connectivity index (χ3v) is 5.37. The van der Waals surface area contributed by atoms with E-state index in [0.29, 0.717) is 17.5 Å². The van der Waals surface area contributed by atoms with Gasteiger partial charge in [0.05, 0.1) is 5.56 Å². The van der Waals surface area contributed by atoms with Crippen molar-refractivity contribution < 1.29 is 4.79 Å². The van der Waals surface area contributed by atoms with Gasteiger partial charge in [0.25, 0.3) is 5.91 Å². The largest absolute Gasteiger partial charge is 0.365 e. The van der Waals surface area contributed by atoms with Crippen molar-refractivity contribution in [1.82, 2.24) is 9.88 Å². The van der Waals surface area contributed by atoms with Gasteiger partial charge in [-0.2, -0.15) is 0 Å². The molecule has 2 bridgehead atoms. The van der Waals surface area contributed by atoms with Crippen molar-refractivity contribution in [2.45, 2.75) is 31.7 Å². The fourth-order valence-electron chi connectivity index (χ4n) is 4.05. The lowest BCUT2D eigenvalue weighted by Crippen LogP contribution is -2.45. The van der Waals surface area contributed by atoms with Crippen LogP contribution in [0.25, 0.3) is 0 Å². The van der Waals surface area contributed by atoms with Crippen LogP contribution >= 0.6 is 0 Å². The smallest absolute Gasteiger partial charge is 0.252 e. The van der Waals surface area contributed by atoms with E-state index in [1.807, 2.05) is 0 Å². The molecule has 1 saturated carbocycles. The Morgan fingerprint density at radius 2 is 2.09 bits per heavy atom. The molecule has 1 aromatic rings. The first-order chi connectivity index (χ1) is 10.7. The summed E-state index contributed by atoms with van der Waals surface area (Å²) in [6, 6.07) is 4.18. The van der Waals surface area contributed by atoms with E-state index in [1.165, 1.54) is 38.8 Å². The Morgan fingerprint density at radius 1 is 1.23 bits per heavy atom. The zero-order valence-corrected chi connectivity index (χ0v) is 12.9. The number of hydrogen-bond donors (Lipinski definition) is 1. The molecule has 0 unspecified atom stereocenters. The van der Waals surface area contributed by atoms with Gasteiger partial charge in [-0.05, 0) is 49.7 Å². The zero-order valence-electron chi connectivity index (χ0n) is 12.9. The van der Waals surface area contributed by atoms with E-state index >= 15 is 0 Å². The molecule has 5 rings (SSSR count). The maximum atomic E-state index is 11.7. The lowest BCUT2D eigenvalue weighted by Gasteiger charge is -2.36. The molecular formula is C17H24N4O. The molecule has 118 valence electrons. The van der Waals surface area contributed by atoms with Gasteiger partial charge in [-0.15, -0.1) is 0 Å². The quantitative estimate of drug-likeness (QED) is 0.915. The summed E-state index contributed by atoms with van der Waals surface area (Å²) >= 11 is 0. The van der Waals surface area contributed by atoms with Crippen LogP contribution in [-0.2, 0) is 0 Å². The van der Waals surface area contributed by atoms with Crippen LogP contribution in [0.3, 0.4) is 0 Å². The average molecular weight is 300 g/mol. The lowest BCUT2D eigenvalue weighted by atomic mass is 9.95. The van der Waals surface area contributed by atoms with Gasteiger partial charge in [-0.25, -0.2) is 4.98 Å². The second-order valence-electron chi connectivity index (χ2n) is 7.14. The summed E-state index contributed by atoms with van der Waals surface area (Å²) in [6.45, 7) is 4.44. The van der Waals surface area contributed by atoms with Gasteiger partial charge in [0.2, 0.25) is 0 Å². The van der Waals surface area contributed by atoms with Crippen LogP contribution in [0.5, 0.6) is 0 Å². The van der Waals surface area contributed by atoms with E-state index in [4.69, 9.17) is 5.73 Å². The van der Waals surface area contributed by atoms with Crippen LogP contribution in [0.15, 0.2) is 18.3 Å². The van der Waals surface area contributed by atoms with Gasteiger partial charge in [-0.3, -0.25) is 9.69 Å². The van der Waals surface area contributed by atoms with Crippen molar-refractivity contribution in [3.8, 4) is 0 Å². The summed E-state index contributed by atoms with van der Waals surface area (Å²) in [6.07, 6.45) is 7.14. The van der Waals surface area contributed by atoms with E-state index in [0.717, 1.165) is 24.8 Å². The maximum absolute atomic E-state index is 11.7. The summed E-state index contributed by atoms with van der Waals surface area (Å²) in [5, 5.41) is 0. The predicted octanol–water partition coefficient (Wildman–Crippen LogP) is 1.49. The summed E-state index contributed by atoms with van der Waals surface area (Å²) in [7, 11) is 0. The van der Waals surface area contributed by atoms with Gasteiger partial charge in [0.1, 0.15) is 5.82 Å². The number of anilines is 1. The standard InChI is InChI=1S/C17H24N4O/c18-16(22)15-2-1-7-19-17(15)21-10-13-5-6-14(11-21)20(9-13)8-12-3-4-12/h1-2,7,12-14H,3-6,8-11H2,(H2,18,22)/t13-,14-/m0/s1. The number of fused-ring (bicyclic) bond motifs is 4. The highest BCUT2D eigenvalue weighted by molar-refractivity contribution is 5.97. The normalized spacial score (nSPS) is 28.6. The number of nitrogens with zero attached hydrogens (tertiary/aromatic N) is 3. The van der Waals surface area contributed by atoms with Crippen molar-refractivity contribution in [3.63, 3.8) is 0 Å². The Balaban J connectivity index is 1.58. The van der Waals surface area contributed by atoms with Crippen LogP contribution in [0.4, 0.5) is 5.82 Å². The third-order valence-electron chi connectivity index (χ3n) is 5.37. The van der Waals surface area contributed by atoms with Crippen molar-refractivity contribution in [3.05, 3.63) is 23.9 Å². The highest BCUT2D eigenvalue weighted by Crippen LogP contribution is 2.35. The monoisotopic (exact) mass is 300 g/mol. The second kappa shape index (κ2) is 5.54. The topological polar surface area (TPSA) is 62.5 Å². The minimum absolute atomic E-state index is 0.380. The SMILES string of the molecule is NC(=O)c1cccnc1N1C[C@H]2CC[C@@H](C1)N(CC1CC1)C2. The minimum Gasteiger partial charge on any atom is -0.365 e. The summed E-state index contributed by atoms with van der Waals surface area (Å²) < 4.78 is 0. The molecule has 22 heavy (non-hydrogen) atoms. The molecule has 4 aliphatic rings. The molecule has 5 heteroatoms. The third kappa shape index (κ3) is 2.70. The molecule has 2 atom stereocenters. The Labute approximate surface area is 131 Å². The summed E-state index contributed by atoms with van der Waals surface area (Å²) in [5.74, 6) is 2.01. The molecule has 3 saturated heterocycles. The lowest BCUT2D eigenvalue weighted by molar-refractivity contribution is 0.100. The molecule has 1 aromatic heterocycles. The molecule has 1 aliphatic carbocycles. The van der Waals surface area contributed by atoms with Crippen LogP contribution in [0.2, 0.25) is 0 Å². The number of pyridine rings is 1. The van der Waals surface area contributed by atoms with Gasteiger partial charge in [0.15, 0.2) is 0 Å². The zero-order chi connectivity index (χ0) is 15.1. The first-order valence-corrected chi connectivity index (χ1v) is 8.44. The number of carbonyl (C=O) groups is 1. The number of primary amides is 1. The van der Waals surface area contributed by atoms with Gasteiger partial charge >= 0.3 is 0 Å². The van der Waals surface area contributed by atoms with E-state index in [9.17, 15) is 4.79 Å². The first-order valence-electron chi connectivity index (χ1n) is 8.44. The number of rotatable bonds is 4. The minimum atomic E-state index is -0.380. The Morgan fingerprint density at radius 3 is 2.86 bits per heavy atom. The van der Waals surface area contributed by atoms with Gasteiger partial charge < -0.3 is 10.6 Å². The highest BCUT2D eigenvalue weighted by atomic mass is 16.1.